The Morgan fingerprint density at radius 1 is 1.10 bits per heavy atom. The van der Waals surface area contributed by atoms with Crippen molar-refractivity contribution >= 4 is 46.2 Å². The molecule has 3 aromatic rings. The predicted molar refractivity (Wildman–Crippen MR) is 186 cm³/mol. The number of carbonyl (C=O) groups excluding carboxylic acids is 4. The van der Waals surface area contributed by atoms with Gasteiger partial charge in [0.2, 0.25) is 17.7 Å². The normalized spacial score (nSPS) is 25.6. The van der Waals surface area contributed by atoms with E-state index in [1.54, 1.807) is 27.0 Å². The lowest BCUT2D eigenvalue weighted by Gasteiger charge is -2.30. The quantitative estimate of drug-likeness (QED) is 0.195. The van der Waals surface area contributed by atoms with Gasteiger partial charge in [0.05, 0.1) is 22.5 Å². The van der Waals surface area contributed by atoms with Crippen LogP contribution in [-0.2, 0) is 19.1 Å². The maximum absolute atomic E-state index is 14.4. The Kier molecular flexibility index (Phi) is 10.1. The smallest absolute Gasteiger partial charge is 0.408 e. The van der Waals surface area contributed by atoms with Gasteiger partial charge in [-0.15, -0.1) is 11.3 Å². The first-order valence-electron chi connectivity index (χ1n) is 16.9. The summed E-state index contributed by atoms with van der Waals surface area (Å²) < 4.78 is 12.0. The van der Waals surface area contributed by atoms with Crippen molar-refractivity contribution in [1.29, 1.82) is 5.26 Å². The number of carbonyl (C=O) groups is 4. The molecule has 1 saturated carbocycles. The van der Waals surface area contributed by atoms with Gasteiger partial charge in [0, 0.05) is 12.3 Å². The Morgan fingerprint density at radius 3 is 2.60 bits per heavy atom. The van der Waals surface area contributed by atoms with E-state index in [4.69, 9.17) is 19.4 Å². The third-order valence-corrected chi connectivity index (χ3v) is 9.95. The third-order valence-electron chi connectivity index (χ3n) is 9.08. The van der Waals surface area contributed by atoms with Crippen LogP contribution in [0.4, 0.5) is 4.79 Å². The number of rotatable bonds is 5. The van der Waals surface area contributed by atoms with Crippen molar-refractivity contribution in [3.05, 3.63) is 53.9 Å². The van der Waals surface area contributed by atoms with E-state index in [2.05, 4.69) is 16.0 Å². The summed E-state index contributed by atoms with van der Waals surface area (Å²) >= 11 is 1.49. The minimum absolute atomic E-state index is 0.0164. The van der Waals surface area contributed by atoms with E-state index < -0.39 is 53.1 Å². The standard InChI is InChI=1S/C36H41N7O6S/c1-35(2,3)49-34(47)41-26-15-8-6-4-5-7-12-22-19-36(22,33(46)38-21-37)42-30(44)27-18-23(20-43(27)32(26)45)48-31-29(28-16-11-17-50-28)39-24-13-9-10-14-25(24)40-31/h7,9-14,16-17,22-23,26-27H,4-6,8,15,18-20H2,1-3H3,(H,38,46)(H,41,47)(H,42,44)/t22-,23-,26+,27+,36-/m1/s1. The fourth-order valence-electron chi connectivity index (χ4n) is 6.58. The lowest BCUT2D eigenvalue weighted by atomic mass is 10.0. The van der Waals surface area contributed by atoms with Gasteiger partial charge < -0.3 is 25.0 Å². The highest BCUT2D eigenvalue weighted by Gasteiger charge is 2.61. The van der Waals surface area contributed by atoms with Gasteiger partial charge in [0.1, 0.15) is 35.0 Å². The van der Waals surface area contributed by atoms with Crippen molar-refractivity contribution in [3.63, 3.8) is 0 Å². The number of para-hydroxylation sites is 2. The van der Waals surface area contributed by atoms with Gasteiger partial charge >= 0.3 is 6.09 Å². The van der Waals surface area contributed by atoms with E-state index >= 15 is 0 Å². The summed E-state index contributed by atoms with van der Waals surface area (Å²) in [5.41, 5.74) is -0.231. The summed E-state index contributed by atoms with van der Waals surface area (Å²) in [5.74, 6) is -1.64. The van der Waals surface area contributed by atoms with Crippen LogP contribution in [0, 0.1) is 17.4 Å². The fourth-order valence-corrected chi connectivity index (χ4v) is 7.28. The summed E-state index contributed by atoms with van der Waals surface area (Å²) in [6, 6.07) is 9.27. The third kappa shape index (κ3) is 7.73. The Bertz CT molecular complexity index is 1830. The first kappa shape index (κ1) is 34.8. The molecule has 50 heavy (non-hydrogen) atoms. The van der Waals surface area contributed by atoms with Crippen LogP contribution >= 0.6 is 11.3 Å². The average molecular weight is 700 g/mol. The Morgan fingerprint density at radius 2 is 1.88 bits per heavy atom. The number of nitriles is 1. The van der Waals surface area contributed by atoms with Gasteiger partial charge in [0.15, 0.2) is 6.19 Å². The molecule has 262 valence electrons. The monoisotopic (exact) mass is 699 g/mol. The topological polar surface area (TPSA) is 176 Å². The van der Waals surface area contributed by atoms with E-state index in [9.17, 15) is 24.4 Å². The zero-order chi connectivity index (χ0) is 35.5. The average Bonchev–Trinajstić information content (AvgIpc) is 3.38. The molecule has 3 aliphatic rings. The van der Waals surface area contributed by atoms with E-state index in [0.717, 1.165) is 24.1 Å². The van der Waals surface area contributed by atoms with Crippen LogP contribution in [-0.4, -0.2) is 74.6 Å². The molecule has 0 bridgehead atoms. The molecule has 0 radical (unpaired) electrons. The number of ether oxygens (including phenoxy) is 2. The maximum Gasteiger partial charge on any atom is 0.408 e. The second-order valence-corrected chi connectivity index (χ2v) is 14.9. The molecule has 1 aromatic carbocycles. The van der Waals surface area contributed by atoms with Crippen LogP contribution in [0.2, 0.25) is 0 Å². The number of fused-ring (bicyclic) bond motifs is 3. The molecule has 2 aromatic heterocycles. The zero-order valence-electron chi connectivity index (χ0n) is 28.3. The van der Waals surface area contributed by atoms with Crippen molar-refractivity contribution in [1.82, 2.24) is 30.8 Å². The van der Waals surface area contributed by atoms with E-state index in [1.165, 1.54) is 16.2 Å². The molecule has 0 spiro atoms. The number of alkyl carbamates (subject to hydrolysis) is 1. The summed E-state index contributed by atoms with van der Waals surface area (Å²) in [6.45, 7) is 5.24. The van der Waals surface area contributed by atoms with Crippen LogP contribution in [0.5, 0.6) is 5.88 Å². The van der Waals surface area contributed by atoms with Crippen molar-refractivity contribution in [3.8, 4) is 22.6 Å². The van der Waals surface area contributed by atoms with Gasteiger partial charge in [-0.25, -0.2) is 14.8 Å². The SMILES string of the molecule is CC(C)(C)OC(=O)N[C@H]1CCCCCC=C[C@@H]2C[C@@]2(C(=O)NC#N)NC(=O)[C@@H]2C[C@@H](Oc3nc4ccccc4nc3-c3cccs3)CN2C1=O. The molecule has 2 fully saturated rings. The maximum atomic E-state index is 14.4. The lowest BCUT2D eigenvalue weighted by molar-refractivity contribution is -0.141. The summed E-state index contributed by atoms with van der Waals surface area (Å²) in [5, 5.41) is 19.0. The molecule has 1 saturated heterocycles. The number of aromatic nitrogens is 2. The molecule has 2 aliphatic heterocycles. The van der Waals surface area contributed by atoms with E-state index in [-0.39, 0.29) is 24.8 Å². The first-order chi connectivity index (χ1) is 24.0. The minimum atomic E-state index is -1.32. The molecule has 1 aliphatic carbocycles. The second kappa shape index (κ2) is 14.4. The number of thiophene rings is 1. The largest absolute Gasteiger partial charge is 0.471 e. The Labute approximate surface area is 294 Å². The first-order valence-corrected chi connectivity index (χ1v) is 17.8. The zero-order valence-corrected chi connectivity index (χ0v) is 29.1. The van der Waals surface area contributed by atoms with Crippen molar-refractivity contribution in [2.75, 3.05) is 6.54 Å². The lowest BCUT2D eigenvalue weighted by Crippen LogP contribution is -2.57. The van der Waals surface area contributed by atoms with Gasteiger partial charge in [-0.1, -0.05) is 43.2 Å². The van der Waals surface area contributed by atoms with Crippen LogP contribution < -0.4 is 20.7 Å². The highest BCUT2D eigenvalue weighted by Crippen LogP contribution is 2.45. The molecule has 6 rings (SSSR count). The molecule has 4 heterocycles. The van der Waals surface area contributed by atoms with Crippen molar-refractivity contribution < 1.29 is 28.7 Å². The van der Waals surface area contributed by atoms with Crippen LogP contribution in [0.25, 0.3) is 21.6 Å². The van der Waals surface area contributed by atoms with Crippen LogP contribution in [0.3, 0.4) is 0 Å². The second-order valence-electron chi connectivity index (χ2n) is 13.9. The highest BCUT2D eigenvalue weighted by atomic mass is 32.1. The summed E-state index contributed by atoms with van der Waals surface area (Å²) in [6.07, 6.45) is 7.96. The number of hydrogen-bond donors (Lipinski definition) is 3. The molecule has 0 unspecified atom stereocenters. The minimum Gasteiger partial charge on any atom is -0.471 e. The Balaban J connectivity index is 1.34. The number of allylic oxidation sites excluding steroid dienone is 1. The molecule has 13 nitrogen and oxygen atoms in total. The highest BCUT2D eigenvalue weighted by molar-refractivity contribution is 7.13. The molecule has 3 N–H and O–H groups in total. The van der Waals surface area contributed by atoms with Gasteiger partial charge in [-0.2, -0.15) is 5.26 Å². The number of benzene rings is 1. The summed E-state index contributed by atoms with van der Waals surface area (Å²) in [7, 11) is 0. The number of amides is 4. The fraction of sp³-hybridized carbons (Fsp3) is 0.472. The molecular weight excluding hydrogens is 659 g/mol. The number of nitrogens with one attached hydrogen (secondary N) is 3. The number of nitrogens with zero attached hydrogens (tertiary/aromatic N) is 4. The van der Waals surface area contributed by atoms with Gasteiger partial charge in [-0.3, -0.25) is 19.7 Å². The van der Waals surface area contributed by atoms with Crippen molar-refractivity contribution in [2.24, 2.45) is 5.92 Å². The van der Waals surface area contributed by atoms with E-state index in [1.807, 2.05) is 53.9 Å². The molecular formula is C36H41N7O6S. The molecule has 4 amide bonds. The van der Waals surface area contributed by atoms with E-state index in [0.29, 0.717) is 36.0 Å². The molecule has 14 heteroatoms. The predicted octanol–water partition coefficient (Wildman–Crippen LogP) is 4.59. The summed E-state index contributed by atoms with van der Waals surface area (Å²) in [4.78, 5) is 66.6. The Hall–Kier alpha value is -5.03. The van der Waals surface area contributed by atoms with Gasteiger partial charge in [-0.05, 0) is 70.0 Å². The van der Waals surface area contributed by atoms with Gasteiger partial charge in [0.25, 0.3) is 5.91 Å². The number of hydrogen-bond acceptors (Lipinski definition) is 10. The van der Waals surface area contributed by atoms with Crippen LogP contribution in [0.15, 0.2) is 53.9 Å². The van der Waals surface area contributed by atoms with Crippen LogP contribution in [0.1, 0.15) is 65.7 Å². The van der Waals surface area contributed by atoms with Crippen molar-refractivity contribution in [2.45, 2.75) is 95.0 Å². The molecule has 5 atom stereocenters.